The van der Waals surface area contributed by atoms with Gasteiger partial charge in [0, 0.05) is 19.6 Å². The van der Waals surface area contributed by atoms with E-state index in [-0.39, 0.29) is 12.2 Å². The number of fused-ring (bicyclic) bond motifs is 1. The van der Waals surface area contributed by atoms with Gasteiger partial charge in [-0.05, 0) is 43.7 Å². The fourth-order valence-electron chi connectivity index (χ4n) is 4.06. The Bertz CT molecular complexity index is 1160. The predicted octanol–water partition coefficient (Wildman–Crippen LogP) is 3.18. The highest BCUT2D eigenvalue weighted by atomic mass is 16.5. The van der Waals surface area contributed by atoms with Crippen LogP contribution in [-0.2, 0) is 16.1 Å². The van der Waals surface area contributed by atoms with Crippen molar-refractivity contribution in [1.29, 1.82) is 5.26 Å². The zero-order valence-corrected chi connectivity index (χ0v) is 19.0. The van der Waals surface area contributed by atoms with E-state index >= 15 is 0 Å². The normalized spacial score (nSPS) is 19.0. The van der Waals surface area contributed by atoms with Gasteiger partial charge in [0.1, 0.15) is 11.4 Å². The minimum atomic E-state index is -1.09. The molecule has 4 rings (SSSR count). The molecule has 8 heteroatoms. The minimum Gasteiger partial charge on any atom is -0.497 e. The molecule has 2 aromatic carbocycles. The smallest absolute Gasteiger partial charge is 0.243 e. The molecule has 33 heavy (non-hydrogen) atoms. The number of nitriles is 1. The lowest BCUT2D eigenvalue weighted by atomic mass is 10.0. The van der Waals surface area contributed by atoms with Crippen molar-refractivity contribution in [3.8, 4) is 11.8 Å². The van der Waals surface area contributed by atoms with Crippen molar-refractivity contribution < 1.29 is 14.3 Å². The Morgan fingerprint density at radius 2 is 1.79 bits per heavy atom. The van der Waals surface area contributed by atoms with Gasteiger partial charge in [0.15, 0.2) is 11.7 Å². The number of para-hydroxylation sites is 2. The van der Waals surface area contributed by atoms with Gasteiger partial charge in [0.25, 0.3) is 0 Å². The topological polar surface area (TPSA) is 100 Å². The van der Waals surface area contributed by atoms with Gasteiger partial charge in [-0.3, -0.25) is 4.79 Å². The van der Waals surface area contributed by atoms with Gasteiger partial charge in [-0.15, -0.1) is 0 Å². The molecule has 1 aliphatic rings. The molecule has 0 bridgehead atoms. The third kappa shape index (κ3) is 5.04. The van der Waals surface area contributed by atoms with Gasteiger partial charge in [-0.1, -0.05) is 24.3 Å². The van der Waals surface area contributed by atoms with E-state index in [1.54, 1.807) is 7.11 Å². The van der Waals surface area contributed by atoms with Crippen LogP contribution in [-0.4, -0.2) is 48.3 Å². The Kier molecular flexibility index (Phi) is 6.71. The minimum absolute atomic E-state index is 0.000644. The lowest BCUT2D eigenvalue weighted by molar-refractivity contribution is -0.121. The van der Waals surface area contributed by atoms with Crippen LogP contribution in [0.2, 0.25) is 0 Å². The molecule has 170 valence electrons. The van der Waals surface area contributed by atoms with Crippen molar-refractivity contribution in [1.82, 2.24) is 15.3 Å². The molecule has 1 amide bonds. The maximum Gasteiger partial charge on any atom is 0.243 e. The summed E-state index contributed by atoms with van der Waals surface area (Å²) in [6, 6.07) is 17.0. The fourth-order valence-corrected chi connectivity index (χ4v) is 4.06. The number of nitrogens with zero attached hydrogens (tertiary/aromatic N) is 4. The lowest BCUT2D eigenvalue weighted by Crippen LogP contribution is -2.46. The second-order valence-corrected chi connectivity index (χ2v) is 8.21. The Hall–Kier alpha value is -3.70. The van der Waals surface area contributed by atoms with Crippen LogP contribution in [0.5, 0.6) is 5.75 Å². The standard InChI is InChI=1S/C25H27N5O3/c1-16-14-30(15-17(2)33-16)24-23(28-21-6-4-5-7-22(21)29-24)20(12-26)25(31)27-13-18-8-10-19(32-3)11-9-18/h4-11,16-17,20H,13-15H2,1-3H3,(H,27,31)/t16-,17+,20-/m0/s1. The molecule has 0 aliphatic carbocycles. The van der Waals surface area contributed by atoms with Gasteiger partial charge in [0.2, 0.25) is 5.91 Å². The molecule has 3 aromatic rings. The second-order valence-electron chi connectivity index (χ2n) is 8.21. The number of amides is 1. The largest absolute Gasteiger partial charge is 0.497 e. The number of methoxy groups -OCH3 is 1. The summed E-state index contributed by atoms with van der Waals surface area (Å²) in [4.78, 5) is 24.7. The maximum absolute atomic E-state index is 13.1. The van der Waals surface area contributed by atoms with E-state index in [2.05, 4.69) is 16.3 Å². The van der Waals surface area contributed by atoms with Crippen molar-refractivity contribution in [2.75, 3.05) is 25.1 Å². The molecule has 0 radical (unpaired) electrons. The molecule has 1 aromatic heterocycles. The van der Waals surface area contributed by atoms with Gasteiger partial charge in [0.05, 0.1) is 36.4 Å². The summed E-state index contributed by atoms with van der Waals surface area (Å²) in [5.41, 5.74) is 2.64. The number of rotatable bonds is 6. The van der Waals surface area contributed by atoms with Crippen LogP contribution >= 0.6 is 0 Å². The quantitative estimate of drug-likeness (QED) is 0.622. The van der Waals surface area contributed by atoms with Crippen LogP contribution in [0.4, 0.5) is 5.82 Å². The molecule has 1 N–H and O–H groups in total. The summed E-state index contributed by atoms with van der Waals surface area (Å²) < 4.78 is 11.0. The number of aromatic nitrogens is 2. The van der Waals surface area contributed by atoms with Crippen molar-refractivity contribution >= 4 is 22.8 Å². The number of benzene rings is 2. The summed E-state index contributed by atoms with van der Waals surface area (Å²) in [6.45, 7) is 5.51. The van der Waals surface area contributed by atoms with E-state index in [0.717, 1.165) is 16.8 Å². The second kappa shape index (κ2) is 9.84. The van der Waals surface area contributed by atoms with Crippen LogP contribution in [0, 0.1) is 11.3 Å². The number of carbonyl (C=O) groups excluding carboxylic acids is 1. The first-order chi connectivity index (χ1) is 16.0. The Morgan fingerprint density at radius 1 is 1.15 bits per heavy atom. The Morgan fingerprint density at radius 3 is 2.39 bits per heavy atom. The van der Waals surface area contributed by atoms with Crippen molar-refractivity contribution in [2.24, 2.45) is 0 Å². The van der Waals surface area contributed by atoms with Gasteiger partial charge >= 0.3 is 0 Å². The number of morpholine rings is 1. The van der Waals surface area contributed by atoms with E-state index in [0.29, 0.717) is 36.7 Å². The molecule has 0 saturated carbocycles. The van der Waals surface area contributed by atoms with Crippen molar-refractivity contribution in [2.45, 2.75) is 38.5 Å². The van der Waals surface area contributed by atoms with E-state index in [9.17, 15) is 10.1 Å². The molecular weight excluding hydrogens is 418 g/mol. The Balaban J connectivity index is 1.64. The SMILES string of the molecule is COc1ccc(CNC(=O)[C@@H](C#N)c2nc3ccccc3nc2N2C[C@@H](C)O[C@@H](C)C2)cc1. The van der Waals surface area contributed by atoms with Crippen molar-refractivity contribution in [3.05, 3.63) is 59.8 Å². The number of hydrogen-bond acceptors (Lipinski definition) is 7. The summed E-state index contributed by atoms with van der Waals surface area (Å²) in [7, 11) is 1.60. The Labute approximate surface area is 193 Å². The number of nitrogens with one attached hydrogen (secondary N) is 1. The van der Waals surface area contributed by atoms with E-state index in [1.807, 2.05) is 62.4 Å². The molecule has 2 heterocycles. The number of carbonyl (C=O) groups is 1. The molecule has 0 unspecified atom stereocenters. The first kappa shape index (κ1) is 22.5. The lowest BCUT2D eigenvalue weighted by Gasteiger charge is -2.37. The van der Waals surface area contributed by atoms with E-state index in [1.165, 1.54) is 0 Å². The highest BCUT2D eigenvalue weighted by Gasteiger charge is 2.31. The average Bonchev–Trinajstić information content (AvgIpc) is 2.82. The van der Waals surface area contributed by atoms with Crippen molar-refractivity contribution in [3.63, 3.8) is 0 Å². The zero-order valence-electron chi connectivity index (χ0n) is 19.0. The summed E-state index contributed by atoms with van der Waals surface area (Å²) in [5, 5.41) is 12.8. The van der Waals surface area contributed by atoms with Crippen LogP contribution in [0.25, 0.3) is 11.0 Å². The van der Waals surface area contributed by atoms with Gasteiger partial charge in [-0.2, -0.15) is 5.26 Å². The fraction of sp³-hybridized carbons (Fsp3) is 0.360. The molecule has 3 atom stereocenters. The van der Waals surface area contributed by atoms with Gasteiger partial charge in [-0.25, -0.2) is 9.97 Å². The number of hydrogen-bond donors (Lipinski definition) is 1. The third-order valence-electron chi connectivity index (χ3n) is 5.59. The van der Waals surface area contributed by atoms with E-state index < -0.39 is 11.8 Å². The summed E-state index contributed by atoms with van der Waals surface area (Å²) in [6.07, 6.45) is -0.00129. The van der Waals surface area contributed by atoms with E-state index in [4.69, 9.17) is 19.4 Å². The maximum atomic E-state index is 13.1. The predicted molar refractivity (Wildman–Crippen MR) is 125 cm³/mol. The third-order valence-corrected chi connectivity index (χ3v) is 5.59. The first-order valence-corrected chi connectivity index (χ1v) is 11.0. The zero-order chi connectivity index (χ0) is 23.4. The van der Waals surface area contributed by atoms with Crippen LogP contribution in [0.3, 0.4) is 0 Å². The van der Waals surface area contributed by atoms with Crippen LogP contribution < -0.4 is 15.0 Å². The average molecular weight is 446 g/mol. The summed E-state index contributed by atoms with van der Waals surface area (Å²) in [5.74, 6) is -0.204. The molecular formula is C25H27N5O3. The number of ether oxygens (including phenoxy) is 2. The molecule has 1 saturated heterocycles. The number of anilines is 1. The van der Waals surface area contributed by atoms with Crippen LogP contribution in [0.15, 0.2) is 48.5 Å². The molecule has 1 fully saturated rings. The monoisotopic (exact) mass is 445 g/mol. The highest BCUT2D eigenvalue weighted by molar-refractivity contribution is 5.88. The molecule has 1 aliphatic heterocycles. The van der Waals surface area contributed by atoms with Gasteiger partial charge < -0.3 is 19.7 Å². The highest BCUT2D eigenvalue weighted by Crippen LogP contribution is 2.29. The summed E-state index contributed by atoms with van der Waals surface area (Å²) >= 11 is 0. The molecule has 8 nitrogen and oxygen atoms in total. The van der Waals surface area contributed by atoms with Crippen LogP contribution in [0.1, 0.15) is 31.0 Å². The molecule has 0 spiro atoms. The first-order valence-electron chi connectivity index (χ1n) is 11.0.